The van der Waals surface area contributed by atoms with Crippen LogP contribution in [0.5, 0.6) is 0 Å². The van der Waals surface area contributed by atoms with Crippen molar-refractivity contribution in [2.24, 2.45) is 5.92 Å². The summed E-state index contributed by atoms with van der Waals surface area (Å²) >= 11 is 0. The van der Waals surface area contributed by atoms with Crippen LogP contribution in [0.2, 0.25) is 0 Å². The number of hydrogen-bond acceptors (Lipinski definition) is 2. The molecule has 1 atom stereocenters. The molecule has 1 N–H and O–H groups in total. The Bertz CT molecular complexity index is 326. The van der Waals surface area contributed by atoms with Crippen LogP contribution in [0.15, 0.2) is 11.6 Å². The van der Waals surface area contributed by atoms with E-state index >= 15 is 0 Å². The molecule has 0 spiro atoms. The lowest BCUT2D eigenvalue weighted by atomic mass is 9.82. The molecule has 0 aromatic heterocycles. The minimum Gasteiger partial charge on any atom is -0.369 e. The van der Waals surface area contributed by atoms with Crippen molar-refractivity contribution in [3.8, 4) is 0 Å². The van der Waals surface area contributed by atoms with Crippen LogP contribution in [0.3, 0.4) is 0 Å². The van der Waals surface area contributed by atoms with Crippen LogP contribution in [0.1, 0.15) is 60.3 Å². The molecular formula is C16H29NO. The quantitative estimate of drug-likeness (QED) is 0.594. The summed E-state index contributed by atoms with van der Waals surface area (Å²) in [5, 5.41) is 3.56. The summed E-state index contributed by atoms with van der Waals surface area (Å²) in [7, 11) is 0. The molecular weight excluding hydrogens is 222 g/mol. The van der Waals surface area contributed by atoms with E-state index in [1.807, 2.05) is 0 Å². The molecule has 0 aromatic rings. The highest BCUT2D eigenvalue weighted by Gasteiger charge is 2.46. The zero-order valence-electron chi connectivity index (χ0n) is 12.7. The highest BCUT2D eigenvalue weighted by Crippen LogP contribution is 2.45. The summed E-state index contributed by atoms with van der Waals surface area (Å²) in [6.45, 7) is 12.3. The SMILES string of the molecule is CC(=CCCNC1CC1)C1CC(C)(C)OC1(C)C. The van der Waals surface area contributed by atoms with Crippen molar-refractivity contribution in [2.75, 3.05) is 6.54 Å². The monoisotopic (exact) mass is 251 g/mol. The Labute approximate surface area is 112 Å². The minimum atomic E-state index is -0.0198. The van der Waals surface area contributed by atoms with Gasteiger partial charge in [0.2, 0.25) is 0 Å². The molecule has 0 radical (unpaired) electrons. The average Bonchev–Trinajstić information content (AvgIpc) is 2.99. The molecule has 1 aliphatic heterocycles. The summed E-state index contributed by atoms with van der Waals surface area (Å²) in [6, 6.07) is 0.823. The Balaban J connectivity index is 1.86. The Morgan fingerprint density at radius 2 is 1.94 bits per heavy atom. The van der Waals surface area contributed by atoms with Crippen molar-refractivity contribution in [3.63, 3.8) is 0 Å². The van der Waals surface area contributed by atoms with Gasteiger partial charge >= 0.3 is 0 Å². The Morgan fingerprint density at radius 1 is 1.28 bits per heavy atom. The Kier molecular flexibility index (Phi) is 3.89. The van der Waals surface area contributed by atoms with Gasteiger partial charge in [0, 0.05) is 12.0 Å². The van der Waals surface area contributed by atoms with Gasteiger partial charge in [0.1, 0.15) is 0 Å². The molecule has 2 nitrogen and oxygen atoms in total. The van der Waals surface area contributed by atoms with Gasteiger partial charge in [0.25, 0.3) is 0 Å². The van der Waals surface area contributed by atoms with Gasteiger partial charge in [0.15, 0.2) is 0 Å². The summed E-state index contributed by atoms with van der Waals surface area (Å²) < 4.78 is 6.17. The van der Waals surface area contributed by atoms with E-state index in [-0.39, 0.29) is 11.2 Å². The van der Waals surface area contributed by atoms with Crippen molar-refractivity contribution in [2.45, 2.75) is 77.5 Å². The van der Waals surface area contributed by atoms with Crippen LogP contribution in [0.4, 0.5) is 0 Å². The standard InChI is InChI=1S/C16H29NO/c1-12(7-6-10-17-13-8-9-13)14-11-15(2,3)18-16(14,4)5/h7,13-14,17H,6,8-11H2,1-5H3. The van der Waals surface area contributed by atoms with Crippen LogP contribution in [-0.2, 0) is 4.74 Å². The van der Waals surface area contributed by atoms with Crippen LogP contribution < -0.4 is 5.32 Å². The van der Waals surface area contributed by atoms with Crippen LogP contribution in [0.25, 0.3) is 0 Å². The van der Waals surface area contributed by atoms with E-state index in [0.29, 0.717) is 5.92 Å². The molecule has 104 valence electrons. The molecule has 1 saturated carbocycles. The van der Waals surface area contributed by atoms with Crippen LogP contribution in [0, 0.1) is 5.92 Å². The second kappa shape index (κ2) is 4.97. The van der Waals surface area contributed by atoms with E-state index in [1.54, 1.807) is 0 Å². The number of rotatable bonds is 5. The molecule has 1 heterocycles. The number of hydrogen-bond donors (Lipinski definition) is 1. The van der Waals surface area contributed by atoms with E-state index in [4.69, 9.17) is 4.74 Å². The van der Waals surface area contributed by atoms with Gasteiger partial charge < -0.3 is 10.1 Å². The van der Waals surface area contributed by atoms with Gasteiger partial charge in [-0.1, -0.05) is 11.6 Å². The maximum absolute atomic E-state index is 6.17. The fourth-order valence-electron chi connectivity index (χ4n) is 3.29. The smallest absolute Gasteiger partial charge is 0.0699 e. The molecule has 2 rings (SSSR count). The zero-order valence-corrected chi connectivity index (χ0v) is 12.7. The average molecular weight is 251 g/mol. The molecule has 0 bridgehead atoms. The van der Waals surface area contributed by atoms with E-state index in [2.05, 4.69) is 46.0 Å². The van der Waals surface area contributed by atoms with Gasteiger partial charge in [-0.25, -0.2) is 0 Å². The molecule has 2 heteroatoms. The highest BCUT2D eigenvalue weighted by atomic mass is 16.5. The van der Waals surface area contributed by atoms with Gasteiger partial charge in [-0.05, 0) is 66.8 Å². The fraction of sp³-hybridized carbons (Fsp3) is 0.875. The third-order valence-corrected chi connectivity index (χ3v) is 4.24. The molecule has 1 saturated heterocycles. The Hall–Kier alpha value is -0.340. The normalized spacial score (nSPS) is 30.7. The molecule has 1 unspecified atom stereocenters. The molecule has 1 aliphatic carbocycles. The van der Waals surface area contributed by atoms with Crippen molar-refractivity contribution in [1.82, 2.24) is 5.32 Å². The second-order valence-corrected chi connectivity index (χ2v) is 7.19. The van der Waals surface area contributed by atoms with Gasteiger partial charge in [-0.3, -0.25) is 0 Å². The first-order valence-corrected chi connectivity index (χ1v) is 7.40. The van der Waals surface area contributed by atoms with Crippen molar-refractivity contribution >= 4 is 0 Å². The summed E-state index contributed by atoms with van der Waals surface area (Å²) in [5.74, 6) is 0.563. The summed E-state index contributed by atoms with van der Waals surface area (Å²) in [6.07, 6.45) is 7.45. The van der Waals surface area contributed by atoms with Crippen molar-refractivity contribution in [3.05, 3.63) is 11.6 Å². The summed E-state index contributed by atoms with van der Waals surface area (Å²) in [5.41, 5.74) is 1.51. The number of nitrogens with one attached hydrogen (secondary N) is 1. The molecule has 18 heavy (non-hydrogen) atoms. The zero-order chi connectivity index (χ0) is 13.4. The lowest BCUT2D eigenvalue weighted by Gasteiger charge is -2.28. The number of ether oxygens (including phenoxy) is 1. The predicted octanol–water partition coefficient (Wildman–Crippen LogP) is 3.67. The van der Waals surface area contributed by atoms with Gasteiger partial charge in [0.05, 0.1) is 11.2 Å². The third kappa shape index (κ3) is 3.58. The van der Waals surface area contributed by atoms with Crippen molar-refractivity contribution < 1.29 is 4.74 Å². The maximum Gasteiger partial charge on any atom is 0.0699 e. The van der Waals surface area contributed by atoms with Gasteiger partial charge in [-0.2, -0.15) is 0 Å². The molecule has 0 aromatic carbocycles. The largest absolute Gasteiger partial charge is 0.369 e. The van der Waals surface area contributed by atoms with E-state index in [9.17, 15) is 0 Å². The van der Waals surface area contributed by atoms with E-state index < -0.39 is 0 Å². The van der Waals surface area contributed by atoms with Crippen LogP contribution >= 0.6 is 0 Å². The molecule has 2 aliphatic rings. The lowest BCUT2D eigenvalue weighted by Crippen LogP contribution is -2.30. The maximum atomic E-state index is 6.17. The molecule has 2 fully saturated rings. The first kappa shape index (κ1) is 14.1. The van der Waals surface area contributed by atoms with Crippen molar-refractivity contribution in [1.29, 1.82) is 0 Å². The van der Waals surface area contributed by atoms with E-state index in [0.717, 1.165) is 25.4 Å². The predicted molar refractivity (Wildman–Crippen MR) is 76.7 cm³/mol. The first-order valence-electron chi connectivity index (χ1n) is 7.40. The Morgan fingerprint density at radius 3 is 2.44 bits per heavy atom. The second-order valence-electron chi connectivity index (χ2n) is 7.19. The minimum absolute atomic E-state index is 0.0198. The van der Waals surface area contributed by atoms with E-state index in [1.165, 1.54) is 18.4 Å². The first-order chi connectivity index (χ1) is 8.30. The lowest BCUT2D eigenvalue weighted by molar-refractivity contribution is -0.0714. The highest BCUT2D eigenvalue weighted by molar-refractivity contribution is 5.13. The van der Waals surface area contributed by atoms with Crippen LogP contribution in [-0.4, -0.2) is 23.8 Å². The topological polar surface area (TPSA) is 21.3 Å². The molecule has 0 amide bonds. The summed E-state index contributed by atoms with van der Waals surface area (Å²) in [4.78, 5) is 0. The van der Waals surface area contributed by atoms with Gasteiger partial charge in [-0.15, -0.1) is 0 Å². The fourth-order valence-corrected chi connectivity index (χ4v) is 3.29. The third-order valence-electron chi connectivity index (χ3n) is 4.24.